The molecule has 0 aliphatic rings. The largest absolute Gasteiger partial charge is 0.393 e. The zero-order valence-corrected chi connectivity index (χ0v) is 11.9. The van der Waals surface area contributed by atoms with Crippen LogP contribution in [0.2, 0.25) is 0 Å². The van der Waals surface area contributed by atoms with Crippen molar-refractivity contribution < 1.29 is 4.74 Å². The number of methoxy groups -OCH3 is 1. The van der Waals surface area contributed by atoms with E-state index in [0.717, 1.165) is 39.1 Å². The Morgan fingerprint density at radius 1 is 1.50 bits per heavy atom. The lowest BCUT2D eigenvalue weighted by molar-refractivity contribution is 0.149. The van der Waals surface area contributed by atoms with Gasteiger partial charge in [-0.25, -0.2) is 0 Å². The van der Waals surface area contributed by atoms with Crippen LogP contribution < -0.4 is 5.73 Å². The Bertz CT molecular complexity index is 367. The standard InChI is InChI=1S/C12H22N4OS/c1-15-11(3-6-14-15)4-7-16(9-10-17-2)8-5-12(13)18/h3,6H,4-5,7-10H2,1-2H3,(H2,13,18). The summed E-state index contributed by atoms with van der Waals surface area (Å²) in [4.78, 5) is 2.88. The van der Waals surface area contributed by atoms with Crippen molar-refractivity contribution >= 4 is 17.2 Å². The molecule has 1 heterocycles. The van der Waals surface area contributed by atoms with E-state index < -0.39 is 0 Å². The molecule has 5 nitrogen and oxygen atoms in total. The summed E-state index contributed by atoms with van der Waals surface area (Å²) in [5, 5.41) is 4.16. The van der Waals surface area contributed by atoms with Crippen LogP contribution in [0.15, 0.2) is 12.3 Å². The molecule has 102 valence electrons. The van der Waals surface area contributed by atoms with E-state index in [4.69, 9.17) is 22.7 Å². The van der Waals surface area contributed by atoms with Gasteiger partial charge in [0.2, 0.25) is 0 Å². The molecule has 0 atom stereocenters. The summed E-state index contributed by atoms with van der Waals surface area (Å²) in [5.74, 6) is 0. The normalized spacial score (nSPS) is 11.1. The Balaban J connectivity index is 2.39. The Morgan fingerprint density at radius 3 is 2.83 bits per heavy atom. The summed E-state index contributed by atoms with van der Waals surface area (Å²) >= 11 is 4.92. The van der Waals surface area contributed by atoms with Crippen LogP contribution in [-0.4, -0.2) is 53.0 Å². The Hall–Kier alpha value is -0.980. The van der Waals surface area contributed by atoms with Crippen LogP contribution in [0.5, 0.6) is 0 Å². The Morgan fingerprint density at radius 2 is 2.28 bits per heavy atom. The van der Waals surface area contributed by atoms with Crippen molar-refractivity contribution in [1.82, 2.24) is 14.7 Å². The first-order valence-corrected chi connectivity index (χ1v) is 6.50. The number of nitrogens with zero attached hydrogens (tertiary/aromatic N) is 3. The van der Waals surface area contributed by atoms with Gasteiger partial charge in [0.1, 0.15) is 0 Å². The lowest BCUT2D eigenvalue weighted by Gasteiger charge is -2.21. The average molecular weight is 270 g/mol. The Kier molecular flexibility index (Phi) is 6.85. The van der Waals surface area contributed by atoms with E-state index in [1.165, 1.54) is 5.69 Å². The van der Waals surface area contributed by atoms with Gasteiger partial charge in [0.25, 0.3) is 0 Å². The maximum atomic E-state index is 5.54. The molecular formula is C12H22N4OS. The fraction of sp³-hybridized carbons (Fsp3) is 0.667. The number of thiocarbonyl (C=S) groups is 1. The minimum atomic E-state index is 0.568. The van der Waals surface area contributed by atoms with E-state index in [0.29, 0.717) is 4.99 Å². The molecule has 0 bridgehead atoms. The molecule has 18 heavy (non-hydrogen) atoms. The third-order valence-corrected chi connectivity index (χ3v) is 3.10. The smallest absolute Gasteiger partial charge is 0.0740 e. The molecular weight excluding hydrogens is 248 g/mol. The number of rotatable bonds is 9. The molecule has 6 heteroatoms. The molecule has 0 spiro atoms. The van der Waals surface area contributed by atoms with Crippen LogP contribution in [0.25, 0.3) is 0 Å². The van der Waals surface area contributed by atoms with E-state index in [1.807, 2.05) is 24.0 Å². The van der Waals surface area contributed by atoms with Crippen molar-refractivity contribution in [2.24, 2.45) is 12.8 Å². The van der Waals surface area contributed by atoms with Gasteiger partial charge in [0.15, 0.2) is 0 Å². The van der Waals surface area contributed by atoms with Crippen LogP contribution in [-0.2, 0) is 18.2 Å². The summed E-state index contributed by atoms with van der Waals surface area (Å²) in [6.45, 7) is 3.47. The van der Waals surface area contributed by atoms with E-state index in [9.17, 15) is 0 Å². The van der Waals surface area contributed by atoms with E-state index in [1.54, 1.807) is 7.11 Å². The van der Waals surface area contributed by atoms with Gasteiger partial charge in [0, 0.05) is 58.5 Å². The van der Waals surface area contributed by atoms with Gasteiger partial charge in [0.05, 0.1) is 11.6 Å². The van der Waals surface area contributed by atoms with Crippen molar-refractivity contribution in [3.8, 4) is 0 Å². The molecule has 0 aliphatic carbocycles. The minimum absolute atomic E-state index is 0.568. The predicted octanol–water partition coefficient (Wildman–Crippen LogP) is 0.587. The van der Waals surface area contributed by atoms with Gasteiger partial charge in [-0.3, -0.25) is 4.68 Å². The zero-order chi connectivity index (χ0) is 13.4. The maximum Gasteiger partial charge on any atom is 0.0740 e. The number of nitrogens with two attached hydrogens (primary N) is 1. The summed E-state index contributed by atoms with van der Waals surface area (Å²) in [6, 6.07) is 2.04. The zero-order valence-electron chi connectivity index (χ0n) is 11.1. The lowest BCUT2D eigenvalue weighted by atomic mass is 10.2. The topological polar surface area (TPSA) is 56.3 Å². The number of hydrogen-bond acceptors (Lipinski definition) is 4. The lowest BCUT2D eigenvalue weighted by Crippen LogP contribution is -2.32. The highest BCUT2D eigenvalue weighted by Gasteiger charge is 2.07. The van der Waals surface area contributed by atoms with Crippen molar-refractivity contribution in [2.45, 2.75) is 12.8 Å². The van der Waals surface area contributed by atoms with Gasteiger partial charge in [-0.05, 0) is 6.07 Å². The molecule has 0 saturated heterocycles. The average Bonchev–Trinajstić information content (AvgIpc) is 2.74. The molecule has 0 saturated carbocycles. The molecule has 0 fully saturated rings. The molecule has 1 aromatic rings. The van der Waals surface area contributed by atoms with Crippen molar-refractivity contribution in [3.63, 3.8) is 0 Å². The second kappa shape index (κ2) is 8.18. The number of aromatic nitrogens is 2. The molecule has 0 amide bonds. The first-order chi connectivity index (χ1) is 8.63. The highest BCUT2D eigenvalue weighted by atomic mass is 32.1. The van der Waals surface area contributed by atoms with Crippen molar-refractivity contribution in [2.75, 3.05) is 33.4 Å². The molecule has 0 aromatic carbocycles. The molecule has 0 radical (unpaired) electrons. The summed E-state index contributed by atoms with van der Waals surface area (Å²) in [6.07, 6.45) is 3.55. The van der Waals surface area contributed by atoms with Crippen molar-refractivity contribution in [1.29, 1.82) is 0 Å². The quantitative estimate of drug-likeness (QED) is 0.666. The van der Waals surface area contributed by atoms with Crippen LogP contribution in [0, 0.1) is 0 Å². The highest BCUT2D eigenvalue weighted by molar-refractivity contribution is 7.80. The fourth-order valence-electron chi connectivity index (χ4n) is 1.74. The van der Waals surface area contributed by atoms with Crippen LogP contribution in [0.4, 0.5) is 0 Å². The second-order valence-electron chi connectivity index (χ2n) is 4.25. The van der Waals surface area contributed by atoms with Crippen LogP contribution in [0.3, 0.4) is 0 Å². The van der Waals surface area contributed by atoms with Crippen LogP contribution >= 0.6 is 12.2 Å². The highest BCUT2D eigenvalue weighted by Crippen LogP contribution is 2.01. The maximum absolute atomic E-state index is 5.54. The van der Waals surface area contributed by atoms with Gasteiger partial charge in [-0.2, -0.15) is 5.10 Å². The van der Waals surface area contributed by atoms with Gasteiger partial charge >= 0.3 is 0 Å². The summed E-state index contributed by atoms with van der Waals surface area (Å²) in [5.41, 5.74) is 6.77. The molecule has 1 aromatic heterocycles. The third kappa shape index (κ3) is 5.57. The van der Waals surface area contributed by atoms with Gasteiger partial charge in [-0.1, -0.05) is 12.2 Å². The number of ether oxygens (including phenoxy) is 1. The first kappa shape index (κ1) is 15.1. The first-order valence-electron chi connectivity index (χ1n) is 6.10. The van der Waals surface area contributed by atoms with Gasteiger partial charge in [-0.15, -0.1) is 0 Å². The van der Waals surface area contributed by atoms with E-state index >= 15 is 0 Å². The molecule has 0 unspecified atom stereocenters. The fourth-order valence-corrected chi connectivity index (χ4v) is 1.83. The minimum Gasteiger partial charge on any atom is -0.393 e. The molecule has 2 N–H and O–H groups in total. The molecule has 1 rings (SSSR count). The van der Waals surface area contributed by atoms with Gasteiger partial charge < -0.3 is 15.4 Å². The van der Waals surface area contributed by atoms with Crippen LogP contribution in [0.1, 0.15) is 12.1 Å². The SMILES string of the molecule is COCCN(CCC(N)=S)CCc1ccnn1C. The van der Waals surface area contributed by atoms with E-state index in [-0.39, 0.29) is 0 Å². The summed E-state index contributed by atoms with van der Waals surface area (Å²) < 4.78 is 7.02. The summed E-state index contributed by atoms with van der Waals surface area (Å²) in [7, 11) is 3.68. The monoisotopic (exact) mass is 270 g/mol. The second-order valence-corrected chi connectivity index (χ2v) is 4.77. The third-order valence-electron chi connectivity index (χ3n) is 2.89. The number of hydrogen-bond donors (Lipinski definition) is 1. The van der Waals surface area contributed by atoms with E-state index in [2.05, 4.69) is 10.00 Å². The van der Waals surface area contributed by atoms with Crippen molar-refractivity contribution in [3.05, 3.63) is 18.0 Å². The Labute approximate surface area is 114 Å². The number of aryl methyl sites for hydroxylation is 1. The molecule has 0 aliphatic heterocycles. The predicted molar refractivity (Wildman–Crippen MR) is 76.6 cm³/mol.